The van der Waals surface area contributed by atoms with E-state index in [0.717, 1.165) is 50.2 Å². The lowest BCUT2D eigenvalue weighted by Crippen LogP contribution is -2.54. The summed E-state index contributed by atoms with van der Waals surface area (Å²) in [7, 11) is 1.81. The molecule has 0 saturated carbocycles. The van der Waals surface area contributed by atoms with Gasteiger partial charge in [0.1, 0.15) is 11.5 Å². The molecule has 3 rings (SSSR count). The quantitative estimate of drug-likeness (QED) is 0.612. The molecule has 8 nitrogen and oxygen atoms in total. The summed E-state index contributed by atoms with van der Waals surface area (Å²) in [5, 5.41) is 3.53. The molecule has 2 aliphatic heterocycles. The van der Waals surface area contributed by atoms with E-state index in [0.29, 0.717) is 19.7 Å². The SMILES string of the molecule is CCOC(=O)N1CCN(C(=NC)NCC(c2ccc(C)o2)N2CCCC2)CC1. The van der Waals surface area contributed by atoms with Gasteiger partial charge in [-0.05, 0) is 51.9 Å². The lowest BCUT2D eigenvalue weighted by molar-refractivity contribution is 0.0913. The van der Waals surface area contributed by atoms with Crippen LogP contribution in [0.15, 0.2) is 21.5 Å². The van der Waals surface area contributed by atoms with E-state index in [9.17, 15) is 4.79 Å². The summed E-state index contributed by atoms with van der Waals surface area (Å²) in [5.41, 5.74) is 0. The second-order valence-electron chi connectivity index (χ2n) is 7.31. The average molecular weight is 392 g/mol. The zero-order valence-corrected chi connectivity index (χ0v) is 17.3. The van der Waals surface area contributed by atoms with Crippen molar-refractivity contribution in [2.45, 2.75) is 32.7 Å². The van der Waals surface area contributed by atoms with Crippen molar-refractivity contribution in [1.82, 2.24) is 20.0 Å². The molecule has 0 radical (unpaired) electrons. The Labute approximate surface area is 167 Å². The number of hydrogen-bond acceptors (Lipinski definition) is 5. The third kappa shape index (κ3) is 4.98. The van der Waals surface area contributed by atoms with E-state index in [1.807, 2.05) is 27.0 Å². The summed E-state index contributed by atoms with van der Waals surface area (Å²) >= 11 is 0. The lowest BCUT2D eigenvalue weighted by Gasteiger charge is -2.36. The molecule has 0 aliphatic carbocycles. The number of carbonyl (C=O) groups excluding carboxylic acids is 1. The Morgan fingerprint density at radius 3 is 2.43 bits per heavy atom. The highest BCUT2D eigenvalue weighted by Crippen LogP contribution is 2.26. The van der Waals surface area contributed by atoms with Crippen LogP contribution in [0.3, 0.4) is 0 Å². The number of likely N-dealkylation sites (tertiary alicyclic amines) is 1. The maximum atomic E-state index is 11.9. The Balaban J connectivity index is 1.57. The first-order chi connectivity index (χ1) is 13.6. The molecule has 1 atom stereocenters. The Bertz CT molecular complexity index is 661. The number of aliphatic imine (C=N–C) groups is 1. The number of amides is 1. The van der Waals surface area contributed by atoms with E-state index in [1.54, 1.807) is 4.90 Å². The molecule has 28 heavy (non-hydrogen) atoms. The second kappa shape index (κ2) is 9.82. The normalized spacial score (nSPS) is 19.8. The number of guanidine groups is 1. The van der Waals surface area contributed by atoms with Gasteiger partial charge in [-0.1, -0.05) is 0 Å². The molecule has 0 bridgehead atoms. The molecule has 1 amide bonds. The maximum absolute atomic E-state index is 11.9. The molecule has 0 aromatic carbocycles. The van der Waals surface area contributed by atoms with Gasteiger partial charge in [-0.15, -0.1) is 0 Å². The van der Waals surface area contributed by atoms with Gasteiger partial charge >= 0.3 is 6.09 Å². The van der Waals surface area contributed by atoms with E-state index in [-0.39, 0.29) is 12.1 Å². The molecule has 1 unspecified atom stereocenters. The van der Waals surface area contributed by atoms with Gasteiger partial charge in [-0.3, -0.25) is 9.89 Å². The first kappa shape index (κ1) is 20.5. The van der Waals surface area contributed by atoms with Crippen LogP contribution in [0.2, 0.25) is 0 Å². The highest BCUT2D eigenvalue weighted by molar-refractivity contribution is 5.80. The van der Waals surface area contributed by atoms with Crippen LogP contribution in [-0.2, 0) is 4.74 Å². The van der Waals surface area contributed by atoms with Crippen molar-refractivity contribution in [3.63, 3.8) is 0 Å². The maximum Gasteiger partial charge on any atom is 0.409 e. The third-order valence-electron chi connectivity index (χ3n) is 5.44. The number of ether oxygens (including phenoxy) is 1. The van der Waals surface area contributed by atoms with Crippen LogP contribution in [0.1, 0.15) is 37.3 Å². The van der Waals surface area contributed by atoms with Gasteiger partial charge in [0.25, 0.3) is 0 Å². The largest absolute Gasteiger partial charge is 0.465 e. The number of piperazine rings is 1. The third-order valence-corrected chi connectivity index (χ3v) is 5.44. The number of furan rings is 1. The van der Waals surface area contributed by atoms with Gasteiger partial charge in [0, 0.05) is 39.8 Å². The minimum atomic E-state index is -0.229. The van der Waals surface area contributed by atoms with Crippen LogP contribution in [-0.4, -0.2) is 86.2 Å². The van der Waals surface area contributed by atoms with Crippen LogP contribution in [0.25, 0.3) is 0 Å². The minimum Gasteiger partial charge on any atom is -0.465 e. The monoisotopic (exact) mass is 391 g/mol. The van der Waals surface area contributed by atoms with Gasteiger partial charge in [0.2, 0.25) is 0 Å². The van der Waals surface area contributed by atoms with Gasteiger partial charge in [-0.2, -0.15) is 0 Å². The number of rotatable bonds is 5. The predicted octanol–water partition coefficient (Wildman–Crippen LogP) is 2.07. The van der Waals surface area contributed by atoms with Crippen LogP contribution in [0.5, 0.6) is 0 Å². The highest BCUT2D eigenvalue weighted by atomic mass is 16.6. The number of carbonyl (C=O) groups is 1. The van der Waals surface area contributed by atoms with Gasteiger partial charge in [-0.25, -0.2) is 4.79 Å². The molecule has 2 fully saturated rings. The van der Waals surface area contributed by atoms with Crippen LogP contribution in [0, 0.1) is 6.92 Å². The van der Waals surface area contributed by atoms with Crippen LogP contribution < -0.4 is 5.32 Å². The van der Waals surface area contributed by atoms with Crippen molar-refractivity contribution in [3.05, 3.63) is 23.7 Å². The van der Waals surface area contributed by atoms with E-state index in [1.165, 1.54) is 12.8 Å². The van der Waals surface area contributed by atoms with Gasteiger partial charge in [0.15, 0.2) is 5.96 Å². The van der Waals surface area contributed by atoms with Crippen LogP contribution >= 0.6 is 0 Å². The average Bonchev–Trinajstić information content (AvgIpc) is 3.38. The van der Waals surface area contributed by atoms with Crippen molar-refractivity contribution in [3.8, 4) is 0 Å². The summed E-state index contributed by atoms with van der Waals surface area (Å²) in [6.07, 6.45) is 2.24. The lowest BCUT2D eigenvalue weighted by atomic mass is 10.2. The Morgan fingerprint density at radius 1 is 1.18 bits per heavy atom. The molecule has 156 valence electrons. The summed E-state index contributed by atoms with van der Waals surface area (Å²) in [5.74, 6) is 2.82. The standard InChI is InChI=1S/C20H33N5O3/c1-4-27-20(26)25-13-11-24(12-14-25)19(21-3)22-15-17(23-9-5-6-10-23)18-8-7-16(2)28-18/h7-8,17H,4-6,9-15H2,1-3H3,(H,21,22). The van der Waals surface area contributed by atoms with Crippen molar-refractivity contribution in [2.24, 2.45) is 4.99 Å². The first-order valence-corrected chi connectivity index (χ1v) is 10.3. The Morgan fingerprint density at radius 2 is 1.86 bits per heavy atom. The van der Waals surface area contributed by atoms with Crippen molar-refractivity contribution in [2.75, 3.05) is 59.5 Å². The summed E-state index contributed by atoms with van der Waals surface area (Å²) in [6, 6.07) is 4.32. The van der Waals surface area contributed by atoms with Gasteiger partial charge in [0.05, 0.1) is 12.6 Å². The fraction of sp³-hybridized carbons (Fsp3) is 0.700. The molecule has 1 aromatic heterocycles. The molecule has 1 aromatic rings. The van der Waals surface area contributed by atoms with Crippen molar-refractivity contribution < 1.29 is 13.9 Å². The minimum absolute atomic E-state index is 0.203. The van der Waals surface area contributed by atoms with E-state index < -0.39 is 0 Å². The Hall–Kier alpha value is -2.22. The first-order valence-electron chi connectivity index (χ1n) is 10.3. The second-order valence-corrected chi connectivity index (χ2v) is 7.31. The number of nitrogens with zero attached hydrogens (tertiary/aromatic N) is 4. The van der Waals surface area contributed by atoms with E-state index in [2.05, 4.69) is 26.2 Å². The number of aryl methyl sites for hydroxylation is 1. The number of hydrogen-bond donors (Lipinski definition) is 1. The summed E-state index contributed by atoms with van der Waals surface area (Å²) in [6.45, 7) is 9.95. The molecular formula is C20H33N5O3. The van der Waals surface area contributed by atoms with Crippen molar-refractivity contribution in [1.29, 1.82) is 0 Å². The highest BCUT2D eigenvalue weighted by Gasteiger charge is 2.28. The van der Waals surface area contributed by atoms with Crippen LogP contribution in [0.4, 0.5) is 4.79 Å². The molecule has 3 heterocycles. The van der Waals surface area contributed by atoms with Crippen molar-refractivity contribution >= 4 is 12.1 Å². The van der Waals surface area contributed by atoms with Gasteiger partial charge < -0.3 is 24.3 Å². The molecule has 2 aliphatic rings. The zero-order valence-electron chi connectivity index (χ0n) is 17.3. The molecule has 0 spiro atoms. The Kier molecular flexibility index (Phi) is 7.19. The molecular weight excluding hydrogens is 358 g/mol. The number of nitrogens with one attached hydrogen (secondary N) is 1. The summed E-state index contributed by atoms with van der Waals surface area (Å²) < 4.78 is 11.0. The summed E-state index contributed by atoms with van der Waals surface area (Å²) in [4.78, 5) is 22.8. The zero-order chi connectivity index (χ0) is 19.9. The molecule has 8 heteroatoms. The van der Waals surface area contributed by atoms with E-state index >= 15 is 0 Å². The topological polar surface area (TPSA) is 73.5 Å². The smallest absolute Gasteiger partial charge is 0.409 e. The fourth-order valence-electron chi connectivity index (χ4n) is 3.93. The predicted molar refractivity (Wildman–Crippen MR) is 109 cm³/mol. The van der Waals surface area contributed by atoms with E-state index in [4.69, 9.17) is 9.15 Å². The molecule has 2 saturated heterocycles. The molecule has 1 N–H and O–H groups in total. The fourth-order valence-corrected chi connectivity index (χ4v) is 3.93.